The molecule has 236 valence electrons. The van der Waals surface area contributed by atoms with Crippen LogP contribution in [0.5, 0.6) is 0 Å². The summed E-state index contributed by atoms with van der Waals surface area (Å²) in [5.41, 5.74) is -1.70. The second-order valence-electron chi connectivity index (χ2n) is 10.2. The minimum absolute atomic E-state index is 0. The van der Waals surface area contributed by atoms with E-state index in [1.807, 2.05) is 12.1 Å². The van der Waals surface area contributed by atoms with Gasteiger partial charge in [-0.3, -0.25) is 15.0 Å². The second-order valence-corrected chi connectivity index (χ2v) is 10.2. The zero-order valence-electron chi connectivity index (χ0n) is 24.6. The van der Waals surface area contributed by atoms with Crippen molar-refractivity contribution in [2.45, 2.75) is 43.7 Å². The van der Waals surface area contributed by atoms with Crippen LogP contribution in [0, 0.1) is 14.7 Å². The summed E-state index contributed by atoms with van der Waals surface area (Å²) in [6, 6.07) is 17.4. The Labute approximate surface area is 277 Å². The molecule has 0 unspecified atom stereocenters. The summed E-state index contributed by atoms with van der Waals surface area (Å²) in [5, 5.41) is 12.3. The van der Waals surface area contributed by atoms with E-state index >= 15 is 0 Å². The van der Waals surface area contributed by atoms with Gasteiger partial charge in [0.05, 0.1) is 52.2 Å². The Kier molecular flexibility index (Phi) is 14.4. The first-order valence-electron chi connectivity index (χ1n) is 13.4. The van der Waals surface area contributed by atoms with Gasteiger partial charge in [-0.15, -0.1) is 14.7 Å². The molecule has 0 saturated carbocycles. The molecule has 9 nitrogen and oxygen atoms in total. The minimum atomic E-state index is -5.03. The van der Waals surface area contributed by atoms with Crippen LogP contribution in [-0.4, -0.2) is 53.8 Å². The molecule has 0 aromatic heterocycles. The van der Waals surface area contributed by atoms with Crippen LogP contribution in [0.3, 0.4) is 0 Å². The molecule has 0 aliphatic carbocycles. The Hall–Kier alpha value is -3.56. The van der Waals surface area contributed by atoms with Crippen molar-refractivity contribution in [2.24, 2.45) is 15.9 Å². The maximum absolute atomic E-state index is 13.4. The van der Waals surface area contributed by atoms with Crippen LogP contribution >= 0.6 is 0 Å². The van der Waals surface area contributed by atoms with Crippen LogP contribution in [0.25, 0.3) is 0 Å². The summed E-state index contributed by atoms with van der Waals surface area (Å²) in [4.78, 5) is 35.4. The predicted molar refractivity (Wildman–Crippen MR) is 151 cm³/mol. The van der Waals surface area contributed by atoms with Crippen molar-refractivity contribution in [3.05, 3.63) is 121 Å². The van der Waals surface area contributed by atoms with Gasteiger partial charge in [0, 0.05) is 13.6 Å². The number of benzene rings is 3. The summed E-state index contributed by atoms with van der Waals surface area (Å²) in [5.74, 6) is 0. The Bertz CT molecular complexity index is 1340. The smallest absolute Gasteiger partial charge is 0.262 e. The Morgan fingerprint density at radius 1 is 0.622 bits per heavy atom. The van der Waals surface area contributed by atoms with Gasteiger partial charge in [0.2, 0.25) is 0 Å². The number of halogens is 6. The normalized spacial score (nSPS) is 12.8. The minimum Gasteiger partial charge on any atom is -0.262 e. The monoisotopic (exact) mass is 647 g/mol. The number of rotatable bonds is 16. The molecule has 0 aliphatic rings. The molecule has 0 N–H and O–H groups in total. The van der Waals surface area contributed by atoms with Crippen LogP contribution in [0.2, 0.25) is 0 Å². The molecule has 0 heterocycles. The molecule has 0 fully saturated rings. The SMILES string of the molecule is CN(C[C@H](Cc1ccccc1)N(C[C@H](Cc1ccccc1)N(CCc1cc(C(F)(F)F)cc(C(F)(F)F)c1)N=O)N=O)N=O.[Na+]. The van der Waals surface area contributed by atoms with Crippen LogP contribution < -0.4 is 29.6 Å². The van der Waals surface area contributed by atoms with E-state index in [0.717, 1.165) is 26.2 Å². The summed E-state index contributed by atoms with van der Waals surface area (Å²) >= 11 is 0. The second kappa shape index (κ2) is 17.2. The van der Waals surface area contributed by atoms with Gasteiger partial charge in [0.25, 0.3) is 0 Å². The van der Waals surface area contributed by atoms with Crippen molar-refractivity contribution < 1.29 is 55.9 Å². The number of nitroso groups, excluding NO2 is 3. The fourth-order valence-corrected chi connectivity index (χ4v) is 4.80. The number of hydrogen-bond acceptors (Lipinski definition) is 6. The first kappa shape index (κ1) is 37.6. The molecule has 0 radical (unpaired) electrons. The third-order valence-corrected chi connectivity index (χ3v) is 6.97. The molecule has 3 aromatic rings. The van der Waals surface area contributed by atoms with Crippen LogP contribution in [-0.2, 0) is 31.6 Å². The van der Waals surface area contributed by atoms with Gasteiger partial charge in [-0.2, -0.15) is 26.3 Å². The number of likely N-dealkylation sites (N-methyl/N-ethyl adjacent to an activating group) is 1. The van der Waals surface area contributed by atoms with E-state index in [4.69, 9.17) is 0 Å². The van der Waals surface area contributed by atoms with Gasteiger partial charge >= 0.3 is 41.9 Å². The zero-order valence-corrected chi connectivity index (χ0v) is 26.6. The molecule has 16 heteroatoms. The maximum Gasteiger partial charge on any atom is 1.00 e. The number of alkyl halides is 6. The molecule has 0 saturated heterocycles. The van der Waals surface area contributed by atoms with Crippen LogP contribution in [0.15, 0.2) is 94.7 Å². The van der Waals surface area contributed by atoms with Crippen molar-refractivity contribution in [1.82, 2.24) is 15.0 Å². The van der Waals surface area contributed by atoms with Crippen molar-refractivity contribution in [3.63, 3.8) is 0 Å². The first-order chi connectivity index (χ1) is 20.8. The largest absolute Gasteiger partial charge is 1.00 e. The Morgan fingerprint density at radius 2 is 1.07 bits per heavy atom. The summed E-state index contributed by atoms with van der Waals surface area (Å²) in [7, 11) is 1.42. The molecule has 3 rings (SSSR count). The van der Waals surface area contributed by atoms with Gasteiger partial charge < -0.3 is 0 Å². The van der Waals surface area contributed by atoms with E-state index in [1.165, 1.54) is 7.05 Å². The van der Waals surface area contributed by atoms with Crippen molar-refractivity contribution >= 4 is 0 Å². The molecule has 0 amide bonds. The Morgan fingerprint density at radius 3 is 1.47 bits per heavy atom. The van der Waals surface area contributed by atoms with E-state index in [0.29, 0.717) is 12.1 Å². The van der Waals surface area contributed by atoms with Gasteiger partial charge in [-0.1, -0.05) is 60.7 Å². The average molecular weight is 648 g/mol. The van der Waals surface area contributed by atoms with Gasteiger partial charge in [-0.05, 0) is 54.2 Å². The Balaban J connectivity index is 0.00000705. The third-order valence-electron chi connectivity index (χ3n) is 6.97. The van der Waals surface area contributed by atoms with E-state index in [1.54, 1.807) is 48.5 Å². The van der Waals surface area contributed by atoms with Crippen LogP contribution in [0.1, 0.15) is 27.8 Å². The molecule has 2 atom stereocenters. The molecule has 45 heavy (non-hydrogen) atoms. The molecule has 0 spiro atoms. The standard InChI is InChI=1S/C29H30F6N6O3.Na/c1-39(36-42)19-26(16-21-8-4-2-5-9-21)41(38-44)20-27(17-22-10-6-3-7-11-22)40(37-43)13-12-23-14-24(28(30,31)32)18-25(15-23)29(33,34)35;/h2-11,14-15,18,26-27H,12-13,16-17,19-20H2,1H3;/q;+1/t26-,27-;/m0./s1. The first-order valence-corrected chi connectivity index (χ1v) is 13.4. The summed E-state index contributed by atoms with van der Waals surface area (Å²) in [6.45, 7) is -0.572. The zero-order chi connectivity index (χ0) is 32.3. The molecule has 3 aromatic carbocycles. The van der Waals surface area contributed by atoms with E-state index in [9.17, 15) is 41.1 Å². The van der Waals surface area contributed by atoms with Crippen molar-refractivity contribution in [1.29, 1.82) is 0 Å². The predicted octanol–water partition coefficient (Wildman–Crippen LogP) is 4.07. The topological polar surface area (TPSA) is 98.0 Å². The van der Waals surface area contributed by atoms with Crippen molar-refractivity contribution in [2.75, 3.05) is 26.7 Å². The van der Waals surface area contributed by atoms with Gasteiger partial charge in [0.15, 0.2) is 0 Å². The molecular weight excluding hydrogens is 617 g/mol. The van der Waals surface area contributed by atoms with E-state index in [-0.39, 0.29) is 80.1 Å². The van der Waals surface area contributed by atoms with Crippen LogP contribution in [0.4, 0.5) is 26.3 Å². The number of nitrogens with zero attached hydrogens (tertiary/aromatic N) is 6. The molecule has 0 bridgehead atoms. The third kappa shape index (κ3) is 11.7. The fraction of sp³-hybridized carbons (Fsp3) is 0.379. The summed E-state index contributed by atoms with van der Waals surface area (Å²) in [6.07, 6.45) is -10.0. The van der Waals surface area contributed by atoms with Gasteiger partial charge in [0.1, 0.15) is 0 Å². The molecule has 0 aliphatic heterocycles. The molecular formula is C29H30F6N6NaO3+. The van der Waals surface area contributed by atoms with Gasteiger partial charge in [-0.25, -0.2) is 0 Å². The fourth-order valence-electron chi connectivity index (χ4n) is 4.80. The quantitative estimate of drug-likeness (QED) is 0.101. The van der Waals surface area contributed by atoms with E-state index in [2.05, 4.69) is 15.9 Å². The summed E-state index contributed by atoms with van der Waals surface area (Å²) < 4.78 is 80.3. The average Bonchev–Trinajstić information content (AvgIpc) is 2.99. The number of hydrogen-bond donors (Lipinski definition) is 0. The van der Waals surface area contributed by atoms with E-state index < -0.39 is 35.6 Å². The maximum atomic E-state index is 13.4. The van der Waals surface area contributed by atoms with Crippen molar-refractivity contribution in [3.8, 4) is 0 Å².